The second kappa shape index (κ2) is 6.17. The van der Waals surface area contributed by atoms with Gasteiger partial charge in [-0.15, -0.1) is 11.3 Å². The minimum atomic E-state index is -0.157. The number of methoxy groups -OCH3 is 1. The summed E-state index contributed by atoms with van der Waals surface area (Å²) in [5.41, 5.74) is 1.27. The van der Waals surface area contributed by atoms with Crippen LogP contribution < -0.4 is 10.1 Å². The van der Waals surface area contributed by atoms with E-state index < -0.39 is 0 Å². The number of hydrogen-bond donors (Lipinski definition) is 2. The van der Waals surface area contributed by atoms with E-state index in [4.69, 9.17) is 4.74 Å². The summed E-state index contributed by atoms with van der Waals surface area (Å²) in [5, 5.41) is 13.2. The Kier molecular flexibility index (Phi) is 4.09. The van der Waals surface area contributed by atoms with Gasteiger partial charge < -0.3 is 15.2 Å². The molecule has 0 unspecified atom stereocenters. The van der Waals surface area contributed by atoms with Crippen LogP contribution in [0.4, 0.5) is 5.69 Å². The first-order valence-corrected chi connectivity index (χ1v) is 7.60. The smallest absolute Gasteiger partial charge is 0.265 e. The molecule has 0 saturated heterocycles. The second-order valence-corrected chi connectivity index (χ2v) is 5.87. The number of carbonyl (C=O) groups is 1. The van der Waals surface area contributed by atoms with Crippen LogP contribution in [-0.2, 0) is 6.61 Å². The van der Waals surface area contributed by atoms with Gasteiger partial charge in [0.25, 0.3) is 5.91 Å². The van der Waals surface area contributed by atoms with Crippen molar-refractivity contribution < 1.29 is 14.6 Å². The summed E-state index contributed by atoms with van der Waals surface area (Å²) < 4.78 is 6.23. The number of nitrogens with one attached hydrogen (secondary N) is 1. The van der Waals surface area contributed by atoms with E-state index in [2.05, 4.69) is 5.32 Å². The lowest BCUT2D eigenvalue weighted by Crippen LogP contribution is -2.10. The summed E-state index contributed by atoms with van der Waals surface area (Å²) in [4.78, 5) is 13.0. The standard InChI is InChI=1S/C17H15NO3S/c1-21-14-7-6-13(8-12(14)10-19)18-17(20)16-9-11-4-2-3-5-15(11)22-16/h2-9,19H,10H2,1H3,(H,18,20). The van der Waals surface area contributed by atoms with E-state index in [0.29, 0.717) is 21.9 Å². The number of carbonyl (C=O) groups excluding carboxylic acids is 1. The van der Waals surface area contributed by atoms with E-state index >= 15 is 0 Å². The largest absolute Gasteiger partial charge is 0.496 e. The summed E-state index contributed by atoms with van der Waals surface area (Å²) >= 11 is 1.46. The molecule has 5 heteroatoms. The lowest BCUT2D eigenvalue weighted by Gasteiger charge is -2.09. The Morgan fingerprint density at radius 3 is 2.77 bits per heavy atom. The minimum absolute atomic E-state index is 0.143. The van der Waals surface area contributed by atoms with Crippen molar-refractivity contribution in [3.8, 4) is 5.75 Å². The number of hydrogen-bond acceptors (Lipinski definition) is 4. The first kappa shape index (κ1) is 14.6. The summed E-state index contributed by atoms with van der Waals surface area (Å²) in [6.07, 6.45) is 0. The van der Waals surface area contributed by atoms with Crippen molar-refractivity contribution in [3.63, 3.8) is 0 Å². The van der Waals surface area contributed by atoms with Gasteiger partial charge in [0, 0.05) is 16.0 Å². The van der Waals surface area contributed by atoms with Crippen LogP contribution >= 0.6 is 11.3 Å². The first-order valence-electron chi connectivity index (χ1n) is 6.79. The number of anilines is 1. The normalized spacial score (nSPS) is 10.6. The number of aliphatic hydroxyl groups is 1. The third kappa shape index (κ3) is 2.81. The third-order valence-corrected chi connectivity index (χ3v) is 4.47. The Balaban J connectivity index is 1.84. The zero-order valence-electron chi connectivity index (χ0n) is 12.0. The highest BCUT2D eigenvalue weighted by Gasteiger charge is 2.11. The van der Waals surface area contributed by atoms with Crippen molar-refractivity contribution in [1.82, 2.24) is 0 Å². The van der Waals surface area contributed by atoms with Crippen LogP contribution in [0.25, 0.3) is 10.1 Å². The molecule has 0 spiro atoms. The van der Waals surface area contributed by atoms with Gasteiger partial charge in [0.1, 0.15) is 5.75 Å². The molecule has 2 N–H and O–H groups in total. The summed E-state index contributed by atoms with van der Waals surface area (Å²) in [5.74, 6) is 0.442. The van der Waals surface area contributed by atoms with Gasteiger partial charge in [-0.2, -0.15) is 0 Å². The van der Waals surface area contributed by atoms with Crippen molar-refractivity contribution in [1.29, 1.82) is 0 Å². The zero-order valence-corrected chi connectivity index (χ0v) is 12.8. The Bertz CT molecular complexity index is 793. The second-order valence-electron chi connectivity index (χ2n) is 4.79. The minimum Gasteiger partial charge on any atom is -0.496 e. The van der Waals surface area contributed by atoms with Crippen LogP contribution in [0, 0.1) is 0 Å². The number of rotatable bonds is 4. The molecule has 0 aliphatic carbocycles. The molecule has 3 aromatic rings. The van der Waals surface area contributed by atoms with Gasteiger partial charge in [-0.1, -0.05) is 18.2 Å². The highest BCUT2D eigenvalue weighted by molar-refractivity contribution is 7.20. The fraction of sp³-hybridized carbons (Fsp3) is 0.118. The lowest BCUT2D eigenvalue weighted by atomic mass is 10.2. The number of fused-ring (bicyclic) bond motifs is 1. The van der Waals surface area contributed by atoms with Gasteiger partial charge in [-0.05, 0) is 35.7 Å². The molecule has 0 radical (unpaired) electrons. The lowest BCUT2D eigenvalue weighted by molar-refractivity contribution is 0.103. The monoisotopic (exact) mass is 313 g/mol. The van der Waals surface area contributed by atoms with Crippen molar-refractivity contribution >= 4 is 33.0 Å². The zero-order chi connectivity index (χ0) is 15.5. The molecule has 112 valence electrons. The van der Waals surface area contributed by atoms with Gasteiger partial charge in [-0.25, -0.2) is 0 Å². The number of thiophene rings is 1. The number of aliphatic hydroxyl groups excluding tert-OH is 1. The van der Waals surface area contributed by atoms with Crippen LogP contribution in [-0.4, -0.2) is 18.1 Å². The summed E-state index contributed by atoms with van der Waals surface area (Å²) in [6, 6.07) is 15.0. The molecule has 22 heavy (non-hydrogen) atoms. The third-order valence-electron chi connectivity index (χ3n) is 3.36. The van der Waals surface area contributed by atoms with Gasteiger partial charge in [0.15, 0.2) is 0 Å². The van der Waals surface area contributed by atoms with Crippen molar-refractivity contribution in [2.24, 2.45) is 0 Å². The molecule has 1 amide bonds. The molecular formula is C17H15NO3S. The highest BCUT2D eigenvalue weighted by atomic mass is 32.1. The molecule has 3 rings (SSSR count). The van der Waals surface area contributed by atoms with Crippen molar-refractivity contribution in [2.75, 3.05) is 12.4 Å². The maximum absolute atomic E-state index is 12.3. The van der Waals surface area contributed by atoms with E-state index in [9.17, 15) is 9.90 Å². The topological polar surface area (TPSA) is 58.6 Å². The number of benzene rings is 2. The Labute approximate surface area is 132 Å². The van der Waals surface area contributed by atoms with Gasteiger partial charge >= 0.3 is 0 Å². The van der Waals surface area contributed by atoms with Crippen LogP contribution in [0.5, 0.6) is 5.75 Å². The molecule has 0 fully saturated rings. The highest BCUT2D eigenvalue weighted by Crippen LogP contribution is 2.27. The molecule has 0 atom stereocenters. The predicted octanol–water partition coefficient (Wildman–Crippen LogP) is 3.65. The van der Waals surface area contributed by atoms with Gasteiger partial charge in [0.2, 0.25) is 0 Å². The molecule has 0 aliphatic rings. The van der Waals surface area contributed by atoms with E-state index in [1.165, 1.54) is 11.3 Å². The number of amides is 1. The van der Waals surface area contributed by atoms with E-state index in [-0.39, 0.29) is 12.5 Å². The molecule has 4 nitrogen and oxygen atoms in total. The fourth-order valence-electron chi connectivity index (χ4n) is 2.27. The maximum Gasteiger partial charge on any atom is 0.265 e. The molecular weight excluding hydrogens is 298 g/mol. The van der Waals surface area contributed by atoms with Crippen LogP contribution in [0.2, 0.25) is 0 Å². The Morgan fingerprint density at radius 1 is 1.23 bits per heavy atom. The van der Waals surface area contributed by atoms with E-state index in [1.807, 2.05) is 30.3 Å². The average molecular weight is 313 g/mol. The average Bonchev–Trinajstić information content (AvgIpc) is 2.99. The predicted molar refractivity (Wildman–Crippen MR) is 88.7 cm³/mol. The van der Waals surface area contributed by atoms with Crippen LogP contribution in [0.1, 0.15) is 15.2 Å². The quantitative estimate of drug-likeness (QED) is 0.773. The van der Waals surface area contributed by atoms with Crippen LogP contribution in [0.15, 0.2) is 48.5 Å². The molecule has 0 bridgehead atoms. The maximum atomic E-state index is 12.3. The van der Waals surface area contributed by atoms with Crippen molar-refractivity contribution in [2.45, 2.75) is 6.61 Å². The van der Waals surface area contributed by atoms with E-state index in [1.54, 1.807) is 25.3 Å². The molecule has 1 heterocycles. The first-order chi connectivity index (χ1) is 10.7. The fourth-order valence-corrected chi connectivity index (χ4v) is 3.22. The van der Waals surface area contributed by atoms with Gasteiger partial charge in [-0.3, -0.25) is 4.79 Å². The Morgan fingerprint density at radius 2 is 2.05 bits per heavy atom. The molecule has 0 aliphatic heterocycles. The molecule has 0 saturated carbocycles. The van der Waals surface area contributed by atoms with Crippen LogP contribution in [0.3, 0.4) is 0 Å². The SMILES string of the molecule is COc1ccc(NC(=O)c2cc3ccccc3s2)cc1CO. The van der Waals surface area contributed by atoms with E-state index in [0.717, 1.165) is 10.1 Å². The molecule has 2 aromatic carbocycles. The van der Waals surface area contributed by atoms with Crippen molar-refractivity contribution in [3.05, 3.63) is 59.0 Å². The summed E-state index contributed by atoms with van der Waals surface area (Å²) in [6.45, 7) is -0.143. The molecule has 1 aromatic heterocycles. The number of ether oxygens (including phenoxy) is 1. The summed E-state index contributed by atoms with van der Waals surface area (Å²) in [7, 11) is 1.55. The van der Waals surface area contributed by atoms with Gasteiger partial charge in [0.05, 0.1) is 18.6 Å². The Hall–Kier alpha value is -2.37.